The first-order chi connectivity index (χ1) is 11.3. The summed E-state index contributed by atoms with van der Waals surface area (Å²) in [7, 11) is 1.48. The molecule has 1 spiro atoms. The molecule has 4 nitrogen and oxygen atoms in total. The van der Waals surface area contributed by atoms with E-state index in [9.17, 15) is 14.7 Å². The van der Waals surface area contributed by atoms with E-state index in [4.69, 9.17) is 4.74 Å². The lowest BCUT2D eigenvalue weighted by atomic mass is 9.38. The molecule has 0 heterocycles. The molecule has 1 N–H and O–H groups in total. The summed E-state index contributed by atoms with van der Waals surface area (Å²) in [6.07, 6.45) is 5.72. The van der Waals surface area contributed by atoms with Crippen LogP contribution in [-0.2, 0) is 14.3 Å². The summed E-state index contributed by atoms with van der Waals surface area (Å²) in [5.41, 5.74) is -1.11. The first-order valence-electron chi connectivity index (χ1n) is 9.03. The minimum absolute atomic E-state index is 0.0186. The van der Waals surface area contributed by atoms with Crippen molar-refractivity contribution < 1.29 is 19.4 Å². The van der Waals surface area contributed by atoms with Gasteiger partial charge in [-0.3, -0.25) is 9.59 Å². The number of hydrogen-bond acceptors (Lipinski definition) is 4. The molecule has 1 unspecified atom stereocenters. The lowest BCUT2D eigenvalue weighted by molar-refractivity contribution is -0.187. The minimum atomic E-state index is -0.790. The van der Waals surface area contributed by atoms with Crippen molar-refractivity contribution in [1.29, 1.82) is 0 Å². The predicted molar refractivity (Wildman–Crippen MR) is 88.9 cm³/mol. The van der Waals surface area contributed by atoms with Crippen LogP contribution in [0.5, 0.6) is 0 Å². The number of carbonyl (C=O) groups excluding carboxylic acids is 2. The predicted octanol–water partition coefficient (Wildman–Crippen LogP) is 2.66. The number of rotatable bonds is 1. The van der Waals surface area contributed by atoms with Crippen molar-refractivity contribution in [3.8, 4) is 0 Å². The summed E-state index contributed by atoms with van der Waals surface area (Å²) >= 11 is 0. The highest BCUT2D eigenvalue weighted by Crippen LogP contribution is 2.73. The van der Waals surface area contributed by atoms with Crippen molar-refractivity contribution in [2.75, 3.05) is 7.11 Å². The van der Waals surface area contributed by atoms with Gasteiger partial charge in [0.2, 0.25) is 5.78 Å². The van der Waals surface area contributed by atoms with Gasteiger partial charge in [-0.05, 0) is 43.9 Å². The van der Waals surface area contributed by atoms with Crippen molar-refractivity contribution in [3.63, 3.8) is 0 Å². The molecule has 4 aliphatic carbocycles. The van der Waals surface area contributed by atoms with Gasteiger partial charge in [0.1, 0.15) is 0 Å². The number of Topliss-reactive ketones (excluding diaryl/α,β-unsaturated/α-hetero) is 2. The van der Waals surface area contributed by atoms with Gasteiger partial charge in [-0.25, -0.2) is 0 Å². The Morgan fingerprint density at radius 3 is 2.58 bits per heavy atom. The van der Waals surface area contributed by atoms with Gasteiger partial charge in [0.25, 0.3) is 0 Å². The van der Waals surface area contributed by atoms with Crippen LogP contribution in [0.3, 0.4) is 0 Å². The monoisotopic (exact) mass is 330 g/mol. The second-order valence-corrected chi connectivity index (χ2v) is 8.34. The number of methoxy groups -OCH3 is 1. The van der Waals surface area contributed by atoms with Crippen LogP contribution in [0.2, 0.25) is 0 Å². The molecule has 0 radical (unpaired) electrons. The Hall–Kier alpha value is -1.42. The summed E-state index contributed by atoms with van der Waals surface area (Å²) in [5.74, 6) is 0.329. The van der Waals surface area contributed by atoms with E-state index in [1.165, 1.54) is 7.11 Å². The molecule has 0 aromatic rings. The van der Waals surface area contributed by atoms with Gasteiger partial charge in [0, 0.05) is 11.5 Å². The van der Waals surface area contributed by atoms with Gasteiger partial charge >= 0.3 is 0 Å². The Morgan fingerprint density at radius 1 is 1.21 bits per heavy atom. The topological polar surface area (TPSA) is 63.6 Å². The van der Waals surface area contributed by atoms with Gasteiger partial charge in [-0.1, -0.05) is 26.0 Å². The van der Waals surface area contributed by atoms with Crippen LogP contribution in [-0.4, -0.2) is 29.9 Å². The molecule has 7 atom stereocenters. The van der Waals surface area contributed by atoms with Gasteiger partial charge in [-0.2, -0.15) is 0 Å². The van der Waals surface area contributed by atoms with E-state index in [0.717, 1.165) is 6.42 Å². The van der Waals surface area contributed by atoms with Gasteiger partial charge in [-0.15, -0.1) is 0 Å². The van der Waals surface area contributed by atoms with Gasteiger partial charge in [0.15, 0.2) is 11.5 Å². The second-order valence-electron chi connectivity index (χ2n) is 8.34. The summed E-state index contributed by atoms with van der Waals surface area (Å²) in [4.78, 5) is 27.3. The van der Waals surface area contributed by atoms with Crippen molar-refractivity contribution in [2.24, 2.45) is 34.5 Å². The molecule has 4 aliphatic rings. The van der Waals surface area contributed by atoms with Crippen molar-refractivity contribution >= 4 is 11.6 Å². The third-order valence-electron chi connectivity index (χ3n) is 7.62. The summed E-state index contributed by atoms with van der Waals surface area (Å²) in [5, 5.41) is 10.9. The smallest absolute Gasteiger partial charge is 0.205 e. The molecule has 0 aromatic carbocycles. The van der Waals surface area contributed by atoms with Crippen molar-refractivity contribution in [3.05, 3.63) is 23.5 Å². The zero-order chi connectivity index (χ0) is 17.4. The number of aliphatic hydroxyl groups is 1. The minimum Gasteiger partial charge on any atom is -0.493 e. The number of aliphatic hydroxyl groups excluding tert-OH is 1. The molecule has 0 amide bonds. The zero-order valence-electron chi connectivity index (χ0n) is 14.8. The normalized spacial score (nSPS) is 50.0. The van der Waals surface area contributed by atoms with Crippen molar-refractivity contribution in [2.45, 2.75) is 46.1 Å². The third kappa shape index (κ3) is 1.42. The molecular formula is C20H26O4. The lowest BCUT2D eigenvalue weighted by Crippen LogP contribution is -2.69. The Morgan fingerprint density at radius 2 is 1.92 bits per heavy atom. The van der Waals surface area contributed by atoms with Crippen LogP contribution in [0, 0.1) is 34.5 Å². The Labute approximate surface area is 143 Å². The van der Waals surface area contributed by atoms with Crippen LogP contribution >= 0.6 is 0 Å². The maximum atomic E-state index is 13.7. The van der Waals surface area contributed by atoms with Gasteiger partial charge < -0.3 is 9.84 Å². The largest absolute Gasteiger partial charge is 0.493 e. The van der Waals surface area contributed by atoms with E-state index in [1.807, 2.05) is 6.92 Å². The molecule has 2 fully saturated rings. The SMILES string of the molecule is COC1=C(C)C(=O)C23[C@H]4[C@@H](C)C[C@H]2C=CC[C@]3(C1=O)[C@@H](C)C[C@@H]4O. The molecule has 24 heavy (non-hydrogen) atoms. The maximum Gasteiger partial charge on any atom is 0.205 e. The number of carbonyl (C=O) groups is 2. The highest BCUT2D eigenvalue weighted by molar-refractivity contribution is 6.17. The standard InChI is InChI=1S/C20H26O4/c1-10-8-13-6-5-7-19-11(2)9-14(21)15(10)20(13,19)17(22)12(3)16(24-4)18(19)23/h5-6,10-11,13-15,21H,7-9H2,1-4H3/t10-,11-,13+,14-,15-,19+,20?/m0/s1. The fraction of sp³-hybridized carbons (Fsp3) is 0.700. The van der Waals surface area contributed by atoms with E-state index in [1.54, 1.807) is 6.92 Å². The summed E-state index contributed by atoms with van der Waals surface area (Å²) < 4.78 is 5.39. The third-order valence-corrected chi connectivity index (χ3v) is 7.62. The highest BCUT2D eigenvalue weighted by atomic mass is 16.5. The number of ether oxygens (including phenoxy) is 1. The van der Waals surface area contributed by atoms with Crippen LogP contribution in [0.25, 0.3) is 0 Å². The van der Waals surface area contributed by atoms with E-state index in [-0.39, 0.29) is 41.0 Å². The fourth-order valence-electron chi connectivity index (χ4n) is 6.94. The van der Waals surface area contributed by atoms with E-state index < -0.39 is 16.9 Å². The molecule has 0 bridgehead atoms. The zero-order valence-corrected chi connectivity index (χ0v) is 14.8. The van der Waals surface area contributed by atoms with E-state index in [0.29, 0.717) is 18.4 Å². The first-order valence-corrected chi connectivity index (χ1v) is 9.03. The van der Waals surface area contributed by atoms with Gasteiger partial charge in [0.05, 0.1) is 24.0 Å². The van der Waals surface area contributed by atoms with Crippen LogP contribution in [0.15, 0.2) is 23.5 Å². The Bertz CT molecular complexity index is 690. The molecule has 0 aliphatic heterocycles. The Kier molecular flexibility index (Phi) is 3.22. The molecule has 0 saturated heterocycles. The lowest BCUT2D eigenvalue weighted by Gasteiger charge is -2.62. The van der Waals surface area contributed by atoms with Crippen LogP contribution in [0.1, 0.15) is 40.0 Å². The quantitative estimate of drug-likeness (QED) is 0.751. The van der Waals surface area contributed by atoms with Crippen LogP contribution in [0.4, 0.5) is 0 Å². The average molecular weight is 330 g/mol. The fourth-order valence-corrected chi connectivity index (χ4v) is 6.94. The van der Waals surface area contributed by atoms with E-state index in [2.05, 4.69) is 19.1 Å². The molecule has 0 aromatic heterocycles. The van der Waals surface area contributed by atoms with E-state index >= 15 is 0 Å². The summed E-state index contributed by atoms with van der Waals surface area (Å²) in [6, 6.07) is 0. The molecule has 2 saturated carbocycles. The van der Waals surface area contributed by atoms with Crippen molar-refractivity contribution in [1.82, 2.24) is 0 Å². The highest BCUT2D eigenvalue weighted by Gasteiger charge is 2.77. The molecule has 4 rings (SSSR count). The van der Waals surface area contributed by atoms with Crippen LogP contribution < -0.4 is 0 Å². The molecular weight excluding hydrogens is 304 g/mol. The average Bonchev–Trinajstić information content (AvgIpc) is 2.85. The second kappa shape index (κ2) is 4.81. The maximum absolute atomic E-state index is 13.7. The summed E-state index contributed by atoms with van der Waals surface area (Å²) in [6.45, 7) is 5.86. The Balaban J connectivity index is 2.09. The molecule has 4 heteroatoms. The number of ketones is 2. The number of allylic oxidation sites excluding steroid dienone is 4. The number of hydrogen-bond donors (Lipinski definition) is 1. The molecule has 130 valence electrons. The first kappa shape index (κ1) is 16.1.